The van der Waals surface area contributed by atoms with Gasteiger partial charge < -0.3 is 15.2 Å². The summed E-state index contributed by atoms with van der Waals surface area (Å²) < 4.78 is 5.41. The zero-order chi connectivity index (χ0) is 8.81. The standard InChI is InChI=1S/C9H19NO2/c1-8-9(4-7-12-8)10-5-2-3-6-11/h8-11H,2-7H2,1H3. The third-order valence-corrected chi connectivity index (χ3v) is 2.37. The predicted molar refractivity (Wildman–Crippen MR) is 48.1 cm³/mol. The molecule has 12 heavy (non-hydrogen) atoms. The van der Waals surface area contributed by atoms with Crippen molar-refractivity contribution in [2.45, 2.75) is 38.3 Å². The number of aliphatic hydroxyl groups is 1. The van der Waals surface area contributed by atoms with Gasteiger partial charge in [0.2, 0.25) is 0 Å². The lowest BCUT2D eigenvalue weighted by Crippen LogP contribution is -2.35. The number of hydrogen-bond donors (Lipinski definition) is 2. The maximum absolute atomic E-state index is 8.56. The Hall–Kier alpha value is -0.120. The summed E-state index contributed by atoms with van der Waals surface area (Å²) >= 11 is 0. The van der Waals surface area contributed by atoms with Crippen molar-refractivity contribution < 1.29 is 9.84 Å². The van der Waals surface area contributed by atoms with E-state index in [4.69, 9.17) is 9.84 Å². The number of rotatable bonds is 5. The summed E-state index contributed by atoms with van der Waals surface area (Å²) in [5, 5.41) is 12.0. The second-order valence-corrected chi connectivity index (χ2v) is 3.36. The summed E-state index contributed by atoms with van der Waals surface area (Å²) in [5.41, 5.74) is 0. The van der Waals surface area contributed by atoms with Gasteiger partial charge in [0.1, 0.15) is 0 Å². The van der Waals surface area contributed by atoms with Gasteiger partial charge in [-0.3, -0.25) is 0 Å². The van der Waals surface area contributed by atoms with Crippen molar-refractivity contribution in [3.8, 4) is 0 Å². The first-order valence-corrected chi connectivity index (χ1v) is 4.80. The van der Waals surface area contributed by atoms with Crippen LogP contribution in [0.5, 0.6) is 0 Å². The predicted octanol–water partition coefficient (Wildman–Crippen LogP) is 0.526. The molecule has 3 nitrogen and oxygen atoms in total. The molecule has 1 rings (SSSR count). The van der Waals surface area contributed by atoms with Crippen molar-refractivity contribution in [1.82, 2.24) is 5.32 Å². The van der Waals surface area contributed by atoms with E-state index < -0.39 is 0 Å². The summed E-state index contributed by atoms with van der Waals surface area (Å²) in [6.45, 7) is 4.30. The number of ether oxygens (including phenoxy) is 1. The SMILES string of the molecule is CC1OCCC1NCCCCO. The molecule has 0 saturated carbocycles. The fourth-order valence-electron chi connectivity index (χ4n) is 1.52. The average Bonchev–Trinajstić information content (AvgIpc) is 2.46. The molecule has 1 fully saturated rings. The minimum Gasteiger partial charge on any atom is -0.396 e. The van der Waals surface area contributed by atoms with Crippen LogP contribution in [0.25, 0.3) is 0 Å². The molecule has 3 heteroatoms. The zero-order valence-electron chi connectivity index (χ0n) is 7.75. The van der Waals surface area contributed by atoms with Crippen molar-refractivity contribution in [2.75, 3.05) is 19.8 Å². The van der Waals surface area contributed by atoms with Gasteiger partial charge in [-0.2, -0.15) is 0 Å². The van der Waals surface area contributed by atoms with Gasteiger partial charge in [0.25, 0.3) is 0 Å². The highest BCUT2D eigenvalue weighted by Gasteiger charge is 2.22. The highest BCUT2D eigenvalue weighted by Crippen LogP contribution is 2.12. The summed E-state index contributed by atoms with van der Waals surface area (Å²) in [7, 11) is 0. The Morgan fingerprint density at radius 1 is 1.50 bits per heavy atom. The molecule has 2 N–H and O–H groups in total. The molecule has 0 amide bonds. The number of unbranched alkanes of at least 4 members (excludes halogenated alkanes) is 1. The summed E-state index contributed by atoms with van der Waals surface area (Å²) in [6.07, 6.45) is 3.44. The first kappa shape index (κ1) is 9.96. The number of aliphatic hydroxyl groups excluding tert-OH is 1. The summed E-state index contributed by atoms with van der Waals surface area (Å²) in [6, 6.07) is 0.531. The van der Waals surface area contributed by atoms with Crippen molar-refractivity contribution in [1.29, 1.82) is 0 Å². The Labute approximate surface area is 74.1 Å². The van der Waals surface area contributed by atoms with Crippen LogP contribution in [0, 0.1) is 0 Å². The van der Waals surface area contributed by atoms with Crippen LogP contribution in [-0.4, -0.2) is 37.0 Å². The van der Waals surface area contributed by atoms with Crippen LogP contribution in [-0.2, 0) is 4.74 Å². The van der Waals surface area contributed by atoms with Gasteiger partial charge in [-0.25, -0.2) is 0 Å². The van der Waals surface area contributed by atoms with E-state index in [1.54, 1.807) is 0 Å². The van der Waals surface area contributed by atoms with Crippen molar-refractivity contribution >= 4 is 0 Å². The van der Waals surface area contributed by atoms with Gasteiger partial charge in [0.05, 0.1) is 6.10 Å². The molecule has 1 aliphatic heterocycles. The highest BCUT2D eigenvalue weighted by atomic mass is 16.5. The quantitative estimate of drug-likeness (QED) is 0.596. The van der Waals surface area contributed by atoms with Crippen LogP contribution < -0.4 is 5.32 Å². The normalized spacial score (nSPS) is 29.5. The Morgan fingerprint density at radius 2 is 2.33 bits per heavy atom. The largest absolute Gasteiger partial charge is 0.396 e. The second kappa shape index (κ2) is 5.51. The minimum absolute atomic E-state index is 0.304. The topological polar surface area (TPSA) is 41.5 Å². The maximum Gasteiger partial charge on any atom is 0.0700 e. The van der Waals surface area contributed by atoms with Crippen LogP contribution in [0.4, 0.5) is 0 Å². The number of nitrogens with one attached hydrogen (secondary N) is 1. The van der Waals surface area contributed by atoms with Gasteiger partial charge in [0, 0.05) is 19.3 Å². The second-order valence-electron chi connectivity index (χ2n) is 3.36. The molecule has 0 aromatic carbocycles. The van der Waals surface area contributed by atoms with Crippen LogP contribution in [0.15, 0.2) is 0 Å². The summed E-state index contributed by atoms with van der Waals surface area (Å²) in [5.74, 6) is 0. The van der Waals surface area contributed by atoms with E-state index in [-0.39, 0.29) is 0 Å². The fraction of sp³-hybridized carbons (Fsp3) is 1.00. The molecule has 0 aromatic rings. The van der Waals surface area contributed by atoms with Crippen LogP contribution in [0.3, 0.4) is 0 Å². The van der Waals surface area contributed by atoms with E-state index in [2.05, 4.69) is 12.2 Å². The molecule has 2 atom stereocenters. The first-order chi connectivity index (χ1) is 5.84. The lowest BCUT2D eigenvalue weighted by atomic mass is 10.1. The molecule has 1 saturated heterocycles. The monoisotopic (exact) mass is 173 g/mol. The maximum atomic E-state index is 8.56. The molecule has 0 bridgehead atoms. The Bertz CT molecular complexity index is 119. The Morgan fingerprint density at radius 3 is 2.92 bits per heavy atom. The molecule has 72 valence electrons. The van der Waals surface area contributed by atoms with E-state index in [1.807, 2.05) is 0 Å². The van der Waals surface area contributed by atoms with Gasteiger partial charge in [-0.15, -0.1) is 0 Å². The van der Waals surface area contributed by atoms with E-state index in [0.29, 0.717) is 18.8 Å². The third kappa shape index (κ3) is 3.09. The number of hydrogen-bond acceptors (Lipinski definition) is 3. The van der Waals surface area contributed by atoms with Crippen molar-refractivity contribution in [2.24, 2.45) is 0 Å². The molecule has 0 aliphatic carbocycles. The van der Waals surface area contributed by atoms with Gasteiger partial charge >= 0.3 is 0 Å². The Balaban J connectivity index is 1.98. The molecular formula is C9H19NO2. The average molecular weight is 173 g/mol. The molecular weight excluding hydrogens is 154 g/mol. The molecule has 1 aliphatic rings. The van der Waals surface area contributed by atoms with Crippen molar-refractivity contribution in [3.05, 3.63) is 0 Å². The lowest BCUT2D eigenvalue weighted by Gasteiger charge is -2.15. The molecule has 0 spiro atoms. The summed E-state index contributed by atoms with van der Waals surface area (Å²) in [4.78, 5) is 0. The highest BCUT2D eigenvalue weighted by molar-refractivity contribution is 4.78. The zero-order valence-corrected chi connectivity index (χ0v) is 7.75. The van der Waals surface area contributed by atoms with Gasteiger partial charge in [-0.1, -0.05) is 0 Å². The van der Waals surface area contributed by atoms with E-state index in [9.17, 15) is 0 Å². The Kier molecular flexibility index (Phi) is 4.58. The fourth-order valence-corrected chi connectivity index (χ4v) is 1.52. The van der Waals surface area contributed by atoms with Crippen molar-refractivity contribution in [3.63, 3.8) is 0 Å². The third-order valence-electron chi connectivity index (χ3n) is 2.37. The van der Waals surface area contributed by atoms with E-state index in [1.165, 1.54) is 0 Å². The van der Waals surface area contributed by atoms with E-state index in [0.717, 1.165) is 32.4 Å². The van der Waals surface area contributed by atoms with E-state index >= 15 is 0 Å². The first-order valence-electron chi connectivity index (χ1n) is 4.80. The minimum atomic E-state index is 0.304. The molecule has 1 heterocycles. The lowest BCUT2D eigenvalue weighted by molar-refractivity contribution is 0.113. The molecule has 0 aromatic heterocycles. The smallest absolute Gasteiger partial charge is 0.0700 e. The molecule has 2 unspecified atom stereocenters. The van der Waals surface area contributed by atoms with Crippen LogP contribution in [0.2, 0.25) is 0 Å². The van der Waals surface area contributed by atoms with Crippen LogP contribution >= 0.6 is 0 Å². The van der Waals surface area contributed by atoms with Gasteiger partial charge in [0.15, 0.2) is 0 Å². The van der Waals surface area contributed by atoms with Crippen LogP contribution in [0.1, 0.15) is 26.2 Å². The van der Waals surface area contributed by atoms with Gasteiger partial charge in [-0.05, 0) is 32.7 Å². The molecule has 0 radical (unpaired) electrons.